The molecule has 0 saturated carbocycles. The van der Waals surface area contributed by atoms with E-state index in [0.29, 0.717) is 46.5 Å². The Labute approximate surface area is 259 Å². The van der Waals surface area contributed by atoms with E-state index < -0.39 is 11.5 Å². The zero-order valence-electron chi connectivity index (χ0n) is 25.0. The maximum atomic E-state index is 15.1. The molecule has 1 fully saturated rings. The minimum Gasteiger partial charge on any atom is -0.416 e. The van der Waals surface area contributed by atoms with Crippen molar-refractivity contribution in [3.63, 3.8) is 0 Å². The van der Waals surface area contributed by atoms with Crippen molar-refractivity contribution in [2.75, 3.05) is 0 Å². The van der Waals surface area contributed by atoms with Gasteiger partial charge in [-0.15, -0.1) is 0 Å². The summed E-state index contributed by atoms with van der Waals surface area (Å²) in [5, 5.41) is 4.50. The Morgan fingerprint density at radius 3 is 2.70 bits per heavy atom. The molecule has 1 aliphatic heterocycles. The molecule has 10 heteroatoms. The maximum absolute atomic E-state index is 15.1. The first-order chi connectivity index (χ1) is 21.2. The Morgan fingerprint density at radius 1 is 1.14 bits per heavy atom. The van der Waals surface area contributed by atoms with Crippen LogP contribution < -0.4 is 16.8 Å². The average molecular weight is 618 g/mol. The Morgan fingerprint density at radius 2 is 1.95 bits per heavy atom. The topological polar surface area (TPSA) is 97.8 Å². The van der Waals surface area contributed by atoms with Gasteiger partial charge in [0.25, 0.3) is 0 Å². The van der Waals surface area contributed by atoms with E-state index in [2.05, 4.69) is 29.1 Å². The standard InChI is InChI=1S/C34H37ClFN5O3/c1-21(2)5-3-6-22-17-27(31(36)28(35)18-22)30-19-24-20-41(33(42)39-32(24)38-30)26-11-9-23(10-12-26)29-8-4-7-25(37-29)13-14-40-15-16-44-34(40)43/h9-12,15-21,25,29,37H,3-8,13-14H2,1-2H3,(H,38,39,42)/t25-,29-/m0/s1. The quantitative estimate of drug-likeness (QED) is 0.173. The van der Waals surface area contributed by atoms with Crippen molar-refractivity contribution in [2.45, 2.75) is 77.4 Å². The fraction of sp³-hybridized carbons (Fsp3) is 0.382. The van der Waals surface area contributed by atoms with Crippen molar-refractivity contribution in [1.29, 1.82) is 0 Å². The van der Waals surface area contributed by atoms with Gasteiger partial charge in [-0.1, -0.05) is 50.4 Å². The molecule has 8 nitrogen and oxygen atoms in total. The van der Waals surface area contributed by atoms with Crippen molar-refractivity contribution < 1.29 is 8.81 Å². The van der Waals surface area contributed by atoms with E-state index in [1.54, 1.807) is 23.0 Å². The summed E-state index contributed by atoms with van der Waals surface area (Å²) in [6.45, 7) is 4.99. The number of rotatable bonds is 10. The normalized spacial score (nSPS) is 17.1. The molecule has 230 valence electrons. The highest BCUT2D eigenvalue weighted by atomic mass is 35.5. The van der Waals surface area contributed by atoms with Gasteiger partial charge in [0.05, 0.1) is 16.4 Å². The molecule has 1 aliphatic rings. The number of nitrogens with one attached hydrogen (secondary N) is 2. The van der Waals surface area contributed by atoms with Gasteiger partial charge in [0.2, 0.25) is 0 Å². The first-order valence-electron chi connectivity index (χ1n) is 15.4. The highest BCUT2D eigenvalue weighted by molar-refractivity contribution is 6.31. The molecule has 4 heterocycles. The SMILES string of the molecule is CC(C)CCCc1cc(Cl)c(F)c(-c2cc3cn(-c4ccc([C@@H]5CCC[C@@H](CCn6ccoc6=O)N5)cc4)c(=O)nc3[nH]2)c1. The number of halogens is 2. The summed E-state index contributed by atoms with van der Waals surface area (Å²) in [6.07, 6.45) is 11.7. The minimum atomic E-state index is -0.495. The van der Waals surface area contributed by atoms with Gasteiger partial charge >= 0.3 is 11.4 Å². The van der Waals surface area contributed by atoms with Gasteiger partial charge in [-0.2, -0.15) is 4.98 Å². The van der Waals surface area contributed by atoms with Crippen LogP contribution in [0.5, 0.6) is 0 Å². The summed E-state index contributed by atoms with van der Waals surface area (Å²) in [6, 6.07) is 13.8. The Bertz CT molecular complexity index is 1870. The van der Waals surface area contributed by atoms with Crippen molar-refractivity contribution in [1.82, 2.24) is 24.4 Å². The zero-order valence-corrected chi connectivity index (χ0v) is 25.7. The smallest absolute Gasteiger partial charge is 0.416 e. The van der Waals surface area contributed by atoms with Crippen LogP contribution in [-0.4, -0.2) is 25.1 Å². The Hall–Kier alpha value is -3.95. The Balaban J connectivity index is 1.19. The second-order valence-electron chi connectivity index (χ2n) is 12.2. The summed E-state index contributed by atoms with van der Waals surface area (Å²) in [5.41, 5.74) is 3.69. The van der Waals surface area contributed by atoms with Gasteiger partial charge in [-0.25, -0.2) is 14.0 Å². The van der Waals surface area contributed by atoms with E-state index in [0.717, 1.165) is 56.1 Å². The molecule has 2 aromatic carbocycles. The van der Waals surface area contributed by atoms with Crippen LogP contribution in [0.15, 0.2) is 75.1 Å². The number of aromatic amines is 1. The molecule has 6 rings (SSSR count). The summed E-state index contributed by atoms with van der Waals surface area (Å²) in [7, 11) is 0. The highest BCUT2D eigenvalue weighted by Gasteiger charge is 2.23. The molecule has 0 aliphatic carbocycles. The maximum Gasteiger partial charge on any atom is 0.418 e. The predicted octanol–water partition coefficient (Wildman–Crippen LogP) is 7.18. The van der Waals surface area contributed by atoms with Gasteiger partial charge in [0.1, 0.15) is 11.9 Å². The van der Waals surface area contributed by atoms with E-state index in [9.17, 15) is 9.59 Å². The second-order valence-corrected chi connectivity index (χ2v) is 12.6. The van der Waals surface area contributed by atoms with Crippen molar-refractivity contribution >= 4 is 22.6 Å². The van der Waals surface area contributed by atoms with Crippen LogP contribution in [0, 0.1) is 11.7 Å². The van der Waals surface area contributed by atoms with E-state index in [1.165, 1.54) is 10.8 Å². The van der Waals surface area contributed by atoms with Crippen molar-refractivity contribution in [3.05, 3.63) is 104 Å². The lowest BCUT2D eigenvalue weighted by Gasteiger charge is -2.31. The predicted molar refractivity (Wildman–Crippen MR) is 171 cm³/mol. The molecule has 2 N–H and O–H groups in total. The molecule has 3 aromatic heterocycles. The Kier molecular flexibility index (Phi) is 8.86. The molecule has 0 radical (unpaired) electrons. The van der Waals surface area contributed by atoms with Gasteiger partial charge < -0.3 is 14.7 Å². The molecule has 0 spiro atoms. The lowest BCUT2D eigenvalue weighted by molar-refractivity contribution is 0.300. The van der Waals surface area contributed by atoms with Crippen LogP contribution in [0.25, 0.3) is 28.0 Å². The van der Waals surface area contributed by atoms with E-state index >= 15 is 4.39 Å². The summed E-state index contributed by atoms with van der Waals surface area (Å²) < 4.78 is 23.1. The van der Waals surface area contributed by atoms with Crippen LogP contribution in [0.1, 0.15) is 69.5 Å². The number of fused-ring (bicyclic) bond motifs is 1. The largest absolute Gasteiger partial charge is 0.418 e. The third-order valence-electron chi connectivity index (χ3n) is 8.55. The van der Waals surface area contributed by atoms with E-state index in [1.807, 2.05) is 36.4 Å². The first-order valence-corrected chi connectivity index (χ1v) is 15.7. The first kappa shape index (κ1) is 30.1. The lowest BCUT2D eigenvalue weighted by Crippen LogP contribution is -2.38. The molecule has 5 aromatic rings. The molecule has 0 amide bonds. The third kappa shape index (κ3) is 6.59. The van der Waals surface area contributed by atoms with Crippen molar-refractivity contribution in [2.24, 2.45) is 5.92 Å². The van der Waals surface area contributed by atoms with Gasteiger partial charge in [0, 0.05) is 42.0 Å². The molecular weight excluding hydrogens is 581 g/mol. The second kappa shape index (κ2) is 13.0. The fourth-order valence-electron chi connectivity index (χ4n) is 6.15. The number of H-pyrrole nitrogens is 1. The summed E-state index contributed by atoms with van der Waals surface area (Å²) in [4.78, 5) is 32.1. The fourth-order valence-corrected chi connectivity index (χ4v) is 6.40. The zero-order chi connectivity index (χ0) is 30.8. The van der Waals surface area contributed by atoms with E-state index in [4.69, 9.17) is 16.0 Å². The lowest BCUT2D eigenvalue weighted by atomic mass is 9.92. The molecule has 1 saturated heterocycles. The number of nitrogens with zero attached hydrogens (tertiary/aromatic N) is 3. The molecular formula is C34H37ClFN5O3. The van der Waals surface area contributed by atoms with Gasteiger partial charge in [-0.05, 0) is 79.5 Å². The molecule has 0 unspecified atom stereocenters. The number of aryl methyl sites for hydroxylation is 2. The number of benzene rings is 2. The van der Waals surface area contributed by atoms with Crippen LogP contribution in [0.3, 0.4) is 0 Å². The monoisotopic (exact) mass is 617 g/mol. The summed E-state index contributed by atoms with van der Waals surface area (Å²) in [5.74, 6) is -0.223. The highest BCUT2D eigenvalue weighted by Crippen LogP contribution is 2.32. The molecule has 44 heavy (non-hydrogen) atoms. The average Bonchev–Trinajstić information content (AvgIpc) is 3.62. The van der Waals surface area contributed by atoms with Crippen LogP contribution in [-0.2, 0) is 13.0 Å². The number of aromatic nitrogens is 4. The number of piperidine rings is 1. The molecule has 0 bridgehead atoms. The summed E-state index contributed by atoms with van der Waals surface area (Å²) >= 11 is 6.28. The van der Waals surface area contributed by atoms with Crippen LogP contribution in [0.2, 0.25) is 5.02 Å². The van der Waals surface area contributed by atoms with Crippen LogP contribution >= 0.6 is 11.6 Å². The minimum absolute atomic E-state index is 0.0838. The van der Waals surface area contributed by atoms with Crippen molar-refractivity contribution in [3.8, 4) is 16.9 Å². The van der Waals surface area contributed by atoms with Crippen LogP contribution in [0.4, 0.5) is 4.39 Å². The number of hydrogen-bond acceptors (Lipinski definition) is 5. The van der Waals surface area contributed by atoms with Gasteiger partial charge in [-0.3, -0.25) is 9.13 Å². The molecule has 2 atom stereocenters. The number of oxazole rings is 1. The third-order valence-corrected chi connectivity index (χ3v) is 8.83. The van der Waals surface area contributed by atoms with Gasteiger partial charge in [0.15, 0.2) is 5.82 Å². The van der Waals surface area contributed by atoms with E-state index in [-0.39, 0.29) is 16.8 Å². The number of hydrogen-bond donors (Lipinski definition) is 2.